The van der Waals surface area contributed by atoms with Crippen LogP contribution in [-0.4, -0.2) is 53.6 Å². The Hall–Kier alpha value is -0.430. The summed E-state index contributed by atoms with van der Waals surface area (Å²) in [7, 11) is 5.82. The summed E-state index contributed by atoms with van der Waals surface area (Å²) in [6.07, 6.45) is 5.27. The fraction of sp³-hybridized carbons (Fsp3) is 0.786. The number of nitrogens with zero attached hydrogens (tertiary/aromatic N) is 3. The van der Waals surface area contributed by atoms with E-state index in [0.717, 1.165) is 48.9 Å². The van der Waals surface area contributed by atoms with Crippen molar-refractivity contribution in [3.05, 3.63) is 16.4 Å². The molecule has 0 unspecified atom stereocenters. The topological polar surface area (TPSA) is 50.5 Å². The second-order valence-corrected chi connectivity index (χ2v) is 6.69. The van der Waals surface area contributed by atoms with Crippen molar-refractivity contribution < 1.29 is 9.84 Å². The molecule has 1 heterocycles. The zero-order chi connectivity index (χ0) is 14.8. The maximum atomic E-state index is 11.0. The summed E-state index contributed by atoms with van der Waals surface area (Å²) in [5.41, 5.74) is 0.116. The first-order valence-corrected chi connectivity index (χ1v) is 7.87. The quantitative estimate of drug-likeness (QED) is 0.886. The Balaban J connectivity index is 2.16. The average molecular weight is 346 g/mol. The molecule has 0 bridgehead atoms. The third kappa shape index (κ3) is 3.42. The van der Waals surface area contributed by atoms with Crippen molar-refractivity contribution in [2.24, 2.45) is 0 Å². The summed E-state index contributed by atoms with van der Waals surface area (Å²) in [5, 5.41) is 15.4. The number of hydrogen-bond donors (Lipinski definition) is 1. The Labute approximate surface area is 129 Å². The van der Waals surface area contributed by atoms with Crippen molar-refractivity contribution in [1.82, 2.24) is 14.7 Å². The number of aromatic nitrogens is 2. The fourth-order valence-corrected chi connectivity index (χ4v) is 3.50. The first kappa shape index (κ1) is 15.9. The van der Waals surface area contributed by atoms with Gasteiger partial charge in [-0.25, -0.2) is 0 Å². The lowest BCUT2D eigenvalue weighted by molar-refractivity contribution is -0.0532. The summed E-state index contributed by atoms with van der Waals surface area (Å²) in [4.78, 5) is 2.12. The molecule has 1 aliphatic rings. The van der Waals surface area contributed by atoms with E-state index < -0.39 is 5.60 Å². The number of aliphatic hydroxyl groups is 1. The van der Waals surface area contributed by atoms with Crippen LogP contribution in [0.1, 0.15) is 31.4 Å². The van der Waals surface area contributed by atoms with Crippen molar-refractivity contribution in [2.45, 2.75) is 43.9 Å². The van der Waals surface area contributed by atoms with E-state index in [0.29, 0.717) is 0 Å². The van der Waals surface area contributed by atoms with E-state index >= 15 is 0 Å². The normalized spacial score (nSPS) is 27.2. The van der Waals surface area contributed by atoms with Crippen LogP contribution in [0.2, 0.25) is 0 Å². The van der Waals surface area contributed by atoms with Crippen molar-refractivity contribution in [1.29, 1.82) is 0 Å². The number of ether oxygens (including phenoxy) is 1. The van der Waals surface area contributed by atoms with E-state index in [2.05, 4.69) is 25.9 Å². The van der Waals surface area contributed by atoms with Gasteiger partial charge in [0, 0.05) is 13.7 Å². The molecule has 1 saturated carbocycles. The monoisotopic (exact) mass is 345 g/mol. The van der Waals surface area contributed by atoms with Crippen LogP contribution in [0.15, 0.2) is 10.7 Å². The molecule has 0 aliphatic heterocycles. The van der Waals surface area contributed by atoms with E-state index in [1.807, 2.05) is 18.8 Å². The van der Waals surface area contributed by atoms with Gasteiger partial charge in [-0.3, -0.25) is 4.68 Å². The number of methoxy groups -OCH3 is 1. The predicted octanol–water partition coefficient (Wildman–Crippen LogP) is 1.98. The summed E-state index contributed by atoms with van der Waals surface area (Å²) in [6.45, 7) is 1.68. The molecule has 1 aliphatic carbocycles. The van der Waals surface area contributed by atoms with Crippen LogP contribution < -0.4 is 0 Å². The van der Waals surface area contributed by atoms with Crippen LogP contribution >= 0.6 is 15.9 Å². The zero-order valence-corrected chi connectivity index (χ0v) is 14.1. The molecule has 0 atom stereocenters. The molecule has 20 heavy (non-hydrogen) atoms. The smallest absolute Gasteiger partial charge is 0.108 e. The van der Waals surface area contributed by atoms with Gasteiger partial charge in [0.1, 0.15) is 5.60 Å². The lowest BCUT2D eigenvalue weighted by Crippen LogP contribution is -2.37. The molecule has 5 nitrogen and oxygen atoms in total. The van der Waals surface area contributed by atoms with Gasteiger partial charge in [-0.15, -0.1) is 0 Å². The van der Waals surface area contributed by atoms with Gasteiger partial charge in [0.25, 0.3) is 0 Å². The van der Waals surface area contributed by atoms with Gasteiger partial charge in [-0.05, 0) is 55.7 Å². The van der Waals surface area contributed by atoms with E-state index in [1.165, 1.54) is 0 Å². The molecule has 0 spiro atoms. The highest BCUT2D eigenvalue weighted by Crippen LogP contribution is 2.40. The molecule has 114 valence electrons. The molecule has 1 N–H and O–H groups in total. The third-order valence-corrected chi connectivity index (χ3v) is 4.67. The van der Waals surface area contributed by atoms with Crippen molar-refractivity contribution in [3.63, 3.8) is 0 Å². The lowest BCUT2D eigenvalue weighted by Gasteiger charge is -2.36. The first-order chi connectivity index (χ1) is 9.46. The molecular formula is C14H24BrN3O2. The number of rotatable bonds is 5. The van der Waals surface area contributed by atoms with Crippen LogP contribution in [0.5, 0.6) is 0 Å². The zero-order valence-electron chi connectivity index (χ0n) is 12.5. The second-order valence-electron chi connectivity index (χ2n) is 5.83. The summed E-state index contributed by atoms with van der Waals surface area (Å²) in [5.74, 6) is 0. The van der Waals surface area contributed by atoms with Crippen molar-refractivity contribution in [2.75, 3.05) is 27.7 Å². The largest absolute Gasteiger partial charge is 0.384 e. The van der Waals surface area contributed by atoms with Gasteiger partial charge in [0.15, 0.2) is 0 Å². The molecule has 0 aromatic carbocycles. The average Bonchev–Trinajstić information content (AvgIpc) is 2.79. The Bertz CT molecular complexity index is 440. The Morgan fingerprint density at radius 2 is 2.15 bits per heavy atom. The molecule has 2 rings (SSSR count). The standard InChI is InChI=1S/C14H24BrN3O2/c1-17(2)8-9-18-13(12(15)10-16-18)14(19)6-4-11(20-3)5-7-14/h10-11,19H,4-9H2,1-3H3. The van der Waals surface area contributed by atoms with Gasteiger partial charge in [-0.2, -0.15) is 5.10 Å². The highest BCUT2D eigenvalue weighted by atomic mass is 79.9. The fourth-order valence-electron chi connectivity index (χ4n) is 2.83. The van der Waals surface area contributed by atoms with E-state index in [4.69, 9.17) is 4.74 Å². The third-order valence-electron chi connectivity index (χ3n) is 4.09. The highest BCUT2D eigenvalue weighted by Gasteiger charge is 2.39. The number of likely N-dealkylation sites (N-methyl/N-ethyl adjacent to an activating group) is 1. The first-order valence-electron chi connectivity index (χ1n) is 7.08. The van der Waals surface area contributed by atoms with E-state index in [1.54, 1.807) is 13.3 Å². The Morgan fingerprint density at radius 3 is 2.70 bits per heavy atom. The highest BCUT2D eigenvalue weighted by molar-refractivity contribution is 9.10. The summed E-state index contributed by atoms with van der Waals surface area (Å²) < 4.78 is 8.21. The lowest BCUT2D eigenvalue weighted by atomic mass is 9.81. The SMILES string of the molecule is COC1CCC(O)(c2c(Br)cnn2CCN(C)C)CC1. The van der Waals surface area contributed by atoms with Gasteiger partial charge in [0.2, 0.25) is 0 Å². The van der Waals surface area contributed by atoms with Gasteiger partial charge >= 0.3 is 0 Å². The van der Waals surface area contributed by atoms with Gasteiger partial charge in [-0.1, -0.05) is 0 Å². The predicted molar refractivity (Wildman–Crippen MR) is 81.6 cm³/mol. The van der Waals surface area contributed by atoms with Crippen LogP contribution in [-0.2, 0) is 16.9 Å². The van der Waals surface area contributed by atoms with Crippen molar-refractivity contribution >= 4 is 15.9 Å². The van der Waals surface area contributed by atoms with Gasteiger partial charge in [0.05, 0.1) is 29.0 Å². The molecule has 1 aromatic heterocycles. The van der Waals surface area contributed by atoms with Crippen LogP contribution in [0.4, 0.5) is 0 Å². The number of halogens is 1. The number of hydrogen-bond acceptors (Lipinski definition) is 4. The summed E-state index contributed by atoms with van der Waals surface area (Å²) >= 11 is 3.54. The van der Waals surface area contributed by atoms with Crippen LogP contribution in [0, 0.1) is 0 Å². The Kier molecular flexibility index (Phi) is 5.23. The minimum atomic E-state index is -0.795. The second kappa shape index (κ2) is 6.56. The maximum Gasteiger partial charge on any atom is 0.108 e. The molecule has 0 amide bonds. The van der Waals surface area contributed by atoms with E-state index in [-0.39, 0.29) is 6.10 Å². The minimum absolute atomic E-state index is 0.271. The summed E-state index contributed by atoms with van der Waals surface area (Å²) in [6, 6.07) is 0. The van der Waals surface area contributed by atoms with Gasteiger partial charge < -0.3 is 14.7 Å². The molecule has 0 radical (unpaired) electrons. The molecule has 1 aromatic rings. The van der Waals surface area contributed by atoms with Crippen LogP contribution in [0.25, 0.3) is 0 Å². The molecular weight excluding hydrogens is 322 g/mol. The van der Waals surface area contributed by atoms with Crippen LogP contribution in [0.3, 0.4) is 0 Å². The molecule has 6 heteroatoms. The van der Waals surface area contributed by atoms with Crippen molar-refractivity contribution in [3.8, 4) is 0 Å². The van der Waals surface area contributed by atoms with E-state index in [9.17, 15) is 5.11 Å². The Morgan fingerprint density at radius 1 is 1.50 bits per heavy atom. The molecule has 1 fully saturated rings. The minimum Gasteiger partial charge on any atom is -0.384 e. The maximum absolute atomic E-state index is 11.0. The molecule has 0 saturated heterocycles.